The van der Waals surface area contributed by atoms with Gasteiger partial charge in [-0.3, -0.25) is 9.59 Å². The molecule has 0 radical (unpaired) electrons. The SMILES string of the molecule is O=C(O)CCN(CC1CCCO1)C(=O)C1CCCCC1. The Kier molecular flexibility index (Phi) is 5.83. The van der Waals surface area contributed by atoms with Crippen molar-refractivity contribution in [1.82, 2.24) is 4.90 Å². The van der Waals surface area contributed by atoms with Crippen LogP contribution in [0, 0.1) is 5.92 Å². The van der Waals surface area contributed by atoms with Gasteiger partial charge < -0.3 is 14.7 Å². The van der Waals surface area contributed by atoms with Gasteiger partial charge >= 0.3 is 5.97 Å². The number of ether oxygens (including phenoxy) is 1. The lowest BCUT2D eigenvalue weighted by Gasteiger charge is -2.30. The van der Waals surface area contributed by atoms with Gasteiger partial charge in [0.1, 0.15) is 0 Å². The van der Waals surface area contributed by atoms with Crippen LogP contribution >= 0.6 is 0 Å². The van der Waals surface area contributed by atoms with Crippen LogP contribution in [-0.4, -0.2) is 47.7 Å². The quantitative estimate of drug-likeness (QED) is 0.810. The number of carboxylic acids is 1. The van der Waals surface area contributed by atoms with Crippen molar-refractivity contribution in [1.29, 1.82) is 0 Å². The van der Waals surface area contributed by atoms with E-state index in [0.29, 0.717) is 13.1 Å². The summed E-state index contributed by atoms with van der Waals surface area (Å²) in [5.41, 5.74) is 0. The molecule has 1 aliphatic carbocycles. The fraction of sp³-hybridized carbons (Fsp3) is 0.867. The molecule has 2 fully saturated rings. The van der Waals surface area contributed by atoms with Crippen molar-refractivity contribution >= 4 is 11.9 Å². The van der Waals surface area contributed by atoms with Crippen molar-refractivity contribution in [2.45, 2.75) is 57.5 Å². The summed E-state index contributed by atoms with van der Waals surface area (Å²) in [7, 11) is 0. The highest BCUT2D eigenvalue weighted by atomic mass is 16.5. The Morgan fingerprint density at radius 2 is 1.85 bits per heavy atom. The number of aliphatic carboxylic acids is 1. The molecule has 1 saturated carbocycles. The Hall–Kier alpha value is -1.10. The van der Waals surface area contributed by atoms with Crippen LogP contribution in [0.1, 0.15) is 51.4 Å². The predicted molar refractivity (Wildman–Crippen MR) is 74.4 cm³/mol. The van der Waals surface area contributed by atoms with Gasteiger partial charge in [-0.2, -0.15) is 0 Å². The summed E-state index contributed by atoms with van der Waals surface area (Å²) in [4.78, 5) is 25.1. The monoisotopic (exact) mass is 283 g/mol. The molecule has 5 nitrogen and oxygen atoms in total. The van der Waals surface area contributed by atoms with Crippen LogP contribution in [0.15, 0.2) is 0 Å². The van der Waals surface area contributed by atoms with Gasteiger partial charge in [-0.25, -0.2) is 0 Å². The molecule has 1 N–H and O–H groups in total. The van der Waals surface area contributed by atoms with Crippen molar-refractivity contribution < 1.29 is 19.4 Å². The maximum Gasteiger partial charge on any atom is 0.305 e. The highest BCUT2D eigenvalue weighted by Gasteiger charge is 2.29. The third-order valence-electron chi connectivity index (χ3n) is 4.31. The van der Waals surface area contributed by atoms with Crippen molar-refractivity contribution in [3.63, 3.8) is 0 Å². The number of hydrogen-bond acceptors (Lipinski definition) is 3. The lowest BCUT2D eigenvalue weighted by Crippen LogP contribution is -2.42. The molecule has 0 aromatic carbocycles. The fourth-order valence-electron chi connectivity index (χ4n) is 3.16. The first-order chi connectivity index (χ1) is 9.66. The van der Waals surface area contributed by atoms with Crippen molar-refractivity contribution in [3.05, 3.63) is 0 Å². The van der Waals surface area contributed by atoms with E-state index >= 15 is 0 Å². The molecule has 1 heterocycles. The van der Waals surface area contributed by atoms with Crippen LogP contribution in [0.25, 0.3) is 0 Å². The number of rotatable bonds is 6. The third-order valence-corrected chi connectivity index (χ3v) is 4.31. The minimum absolute atomic E-state index is 0.0190. The molecule has 114 valence electrons. The van der Waals surface area contributed by atoms with Crippen molar-refractivity contribution in [2.75, 3.05) is 19.7 Å². The van der Waals surface area contributed by atoms with Gasteiger partial charge in [0.25, 0.3) is 0 Å². The highest BCUT2D eigenvalue weighted by molar-refractivity contribution is 5.79. The number of hydrogen-bond donors (Lipinski definition) is 1. The minimum atomic E-state index is -0.848. The Bertz CT molecular complexity index is 333. The Labute approximate surface area is 120 Å². The van der Waals surface area contributed by atoms with Crippen LogP contribution in [0.4, 0.5) is 0 Å². The normalized spacial score (nSPS) is 23.7. The van der Waals surface area contributed by atoms with Crippen LogP contribution < -0.4 is 0 Å². The van der Waals surface area contributed by atoms with Gasteiger partial charge in [-0.15, -0.1) is 0 Å². The molecule has 5 heteroatoms. The Balaban J connectivity index is 1.91. The van der Waals surface area contributed by atoms with E-state index < -0.39 is 5.97 Å². The van der Waals surface area contributed by atoms with Gasteiger partial charge in [0.05, 0.1) is 12.5 Å². The zero-order valence-electron chi connectivity index (χ0n) is 12.1. The summed E-state index contributed by atoms with van der Waals surface area (Å²) in [6, 6.07) is 0. The standard InChI is InChI=1S/C15H25NO4/c17-14(18)8-9-16(11-13-7-4-10-20-13)15(19)12-5-2-1-3-6-12/h12-13H,1-11H2,(H,17,18). The van der Waals surface area contributed by atoms with Crippen LogP contribution in [0.3, 0.4) is 0 Å². The first-order valence-corrected chi connectivity index (χ1v) is 7.79. The topological polar surface area (TPSA) is 66.8 Å². The zero-order valence-corrected chi connectivity index (χ0v) is 12.1. The summed E-state index contributed by atoms with van der Waals surface area (Å²) >= 11 is 0. The molecule has 1 aliphatic heterocycles. The number of carbonyl (C=O) groups excluding carboxylic acids is 1. The number of carboxylic acid groups (broad SMARTS) is 1. The predicted octanol–water partition coefficient (Wildman–Crippen LogP) is 2.05. The number of amides is 1. The first-order valence-electron chi connectivity index (χ1n) is 7.79. The smallest absolute Gasteiger partial charge is 0.305 e. The second-order valence-corrected chi connectivity index (χ2v) is 5.90. The van der Waals surface area contributed by atoms with Crippen molar-refractivity contribution in [3.8, 4) is 0 Å². The van der Waals surface area contributed by atoms with Crippen LogP contribution in [-0.2, 0) is 14.3 Å². The van der Waals surface area contributed by atoms with E-state index in [0.717, 1.165) is 45.1 Å². The van der Waals surface area contributed by atoms with E-state index in [1.165, 1.54) is 6.42 Å². The van der Waals surface area contributed by atoms with Gasteiger partial charge in [0.15, 0.2) is 0 Å². The van der Waals surface area contributed by atoms with Gasteiger partial charge in [-0.1, -0.05) is 19.3 Å². The van der Waals surface area contributed by atoms with E-state index in [1.54, 1.807) is 4.90 Å². The molecular formula is C15H25NO4. The maximum absolute atomic E-state index is 12.6. The molecule has 1 atom stereocenters. The van der Waals surface area contributed by atoms with E-state index in [9.17, 15) is 9.59 Å². The average Bonchev–Trinajstić information content (AvgIpc) is 2.96. The zero-order chi connectivity index (χ0) is 14.4. The Morgan fingerprint density at radius 3 is 2.45 bits per heavy atom. The molecule has 0 bridgehead atoms. The molecule has 1 amide bonds. The molecule has 2 aliphatic rings. The van der Waals surface area contributed by atoms with Gasteiger partial charge in [0, 0.05) is 25.6 Å². The van der Waals surface area contributed by atoms with E-state index in [1.807, 2.05) is 0 Å². The summed E-state index contributed by atoms with van der Waals surface area (Å²) in [5, 5.41) is 8.85. The second kappa shape index (κ2) is 7.62. The van der Waals surface area contributed by atoms with Crippen LogP contribution in [0.5, 0.6) is 0 Å². The highest BCUT2D eigenvalue weighted by Crippen LogP contribution is 2.26. The first kappa shape index (κ1) is 15.3. The summed E-state index contributed by atoms with van der Waals surface area (Å²) < 4.78 is 5.59. The molecule has 0 aromatic rings. The third kappa shape index (κ3) is 4.47. The molecule has 2 rings (SSSR count). The fourth-order valence-corrected chi connectivity index (χ4v) is 3.16. The molecule has 1 unspecified atom stereocenters. The molecule has 0 aromatic heterocycles. The van der Waals surface area contributed by atoms with E-state index in [-0.39, 0.29) is 24.3 Å². The summed E-state index contributed by atoms with van der Waals surface area (Å²) in [6.45, 7) is 1.63. The van der Waals surface area contributed by atoms with E-state index in [2.05, 4.69) is 0 Å². The molecule has 1 saturated heterocycles. The lowest BCUT2D eigenvalue weighted by atomic mass is 9.88. The minimum Gasteiger partial charge on any atom is -0.481 e. The molecule has 0 spiro atoms. The molecular weight excluding hydrogens is 258 g/mol. The van der Waals surface area contributed by atoms with Crippen molar-refractivity contribution in [2.24, 2.45) is 5.92 Å². The Morgan fingerprint density at radius 1 is 1.10 bits per heavy atom. The average molecular weight is 283 g/mol. The number of nitrogens with zero attached hydrogens (tertiary/aromatic N) is 1. The second-order valence-electron chi connectivity index (χ2n) is 5.90. The maximum atomic E-state index is 12.6. The lowest BCUT2D eigenvalue weighted by molar-refractivity contribution is -0.141. The molecule has 20 heavy (non-hydrogen) atoms. The van der Waals surface area contributed by atoms with Gasteiger partial charge in [0.2, 0.25) is 5.91 Å². The van der Waals surface area contributed by atoms with Crippen LogP contribution in [0.2, 0.25) is 0 Å². The van der Waals surface area contributed by atoms with E-state index in [4.69, 9.17) is 9.84 Å². The number of carbonyl (C=O) groups is 2. The largest absolute Gasteiger partial charge is 0.481 e. The summed E-state index contributed by atoms with van der Waals surface area (Å²) in [5.74, 6) is -0.612. The summed E-state index contributed by atoms with van der Waals surface area (Å²) in [6.07, 6.45) is 7.47. The van der Waals surface area contributed by atoms with Gasteiger partial charge in [-0.05, 0) is 25.7 Å².